The lowest BCUT2D eigenvalue weighted by Crippen LogP contribution is -2.42. The van der Waals surface area contributed by atoms with Gasteiger partial charge in [0, 0.05) is 6.04 Å². The predicted molar refractivity (Wildman–Crippen MR) is 95.4 cm³/mol. The van der Waals surface area contributed by atoms with Gasteiger partial charge in [-0.15, -0.1) is 0 Å². The minimum atomic E-state index is -0.931. The van der Waals surface area contributed by atoms with Gasteiger partial charge in [-0.2, -0.15) is 0 Å². The zero-order valence-electron chi connectivity index (χ0n) is 14.0. The predicted octanol–water partition coefficient (Wildman–Crippen LogP) is 4.19. The third-order valence-corrected chi connectivity index (χ3v) is 5.11. The highest BCUT2D eigenvalue weighted by Crippen LogP contribution is 2.35. The van der Waals surface area contributed by atoms with Crippen LogP contribution in [0.4, 0.5) is 0 Å². The molecule has 2 nitrogen and oxygen atoms in total. The normalized spacial score (nSPS) is 17.8. The first-order chi connectivity index (χ1) is 11.2. The molecule has 1 fully saturated rings. The fraction of sp³-hybridized carbons (Fsp3) is 0.429. The molecule has 2 aromatic carbocycles. The Morgan fingerprint density at radius 2 is 1.35 bits per heavy atom. The van der Waals surface area contributed by atoms with Gasteiger partial charge in [-0.3, -0.25) is 0 Å². The van der Waals surface area contributed by atoms with E-state index in [2.05, 4.69) is 11.8 Å². The van der Waals surface area contributed by atoms with Crippen molar-refractivity contribution in [3.63, 3.8) is 0 Å². The van der Waals surface area contributed by atoms with Crippen molar-refractivity contribution in [3.8, 4) is 0 Å². The van der Waals surface area contributed by atoms with Crippen LogP contribution < -0.4 is 0 Å². The fourth-order valence-electron chi connectivity index (χ4n) is 3.75. The van der Waals surface area contributed by atoms with Crippen molar-refractivity contribution in [2.75, 3.05) is 13.1 Å². The van der Waals surface area contributed by atoms with E-state index in [-0.39, 0.29) is 0 Å². The molecular formula is C21H27NO. The van der Waals surface area contributed by atoms with Crippen LogP contribution in [-0.2, 0) is 5.60 Å². The highest BCUT2D eigenvalue weighted by atomic mass is 16.3. The van der Waals surface area contributed by atoms with E-state index in [1.165, 1.54) is 19.3 Å². The van der Waals surface area contributed by atoms with Gasteiger partial charge >= 0.3 is 0 Å². The van der Waals surface area contributed by atoms with Gasteiger partial charge in [-0.1, -0.05) is 67.1 Å². The third kappa shape index (κ3) is 3.65. The molecule has 0 unspecified atom stereocenters. The zero-order valence-corrected chi connectivity index (χ0v) is 14.0. The van der Waals surface area contributed by atoms with E-state index in [0.717, 1.165) is 30.6 Å². The average molecular weight is 309 g/mol. The van der Waals surface area contributed by atoms with Crippen molar-refractivity contribution in [2.45, 2.75) is 44.2 Å². The molecule has 1 aliphatic heterocycles. The highest BCUT2D eigenvalue weighted by molar-refractivity contribution is 5.36. The summed E-state index contributed by atoms with van der Waals surface area (Å²) in [7, 11) is 0. The van der Waals surface area contributed by atoms with Crippen LogP contribution in [-0.4, -0.2) is 29.1 Å². The molecule has 1 atom stereocenters. The minimum Gasteiger partial charge on any atom is -0.380 e. The number of hydrogen-bond acceptors (Lipinski definition) is 2. The van der Waals surface area contributed by atoms with Gasteiger partial charge in [0.1, 0.15) is 5.60 Å². The Labute approximate surface area is 139 Å². The molecule has 1 aliphatic rings. The summed E-state index contributed by atoms with van der Waals surface area (Å²) in [4.78, 5) is 2.53. The second-order valence-electron chi connectivity index (χ2n) is 6.74. The SMILES string of the molecule is C[C@H](CC(O)(c1ccccc1)c1ccccc1)N1CCCCC1. The van der Waals surface area contributed by atoms with Gasteiger partial charge in [0.05, 0.1) is 0 Å². The summed E-state index contributed by atoms with van der Waals surface area (Å²) >= 11 is 0. The lowest BCUT2D eigenvalue weighted by Gasteiger charge is -2.38. The molecule has 0 spiro atoms. The molecule has 0 amide bonds. The van der Waals surface area contributed by atoms with Gasteiger partial charge in [0.25, 0.3) is 0 Å². The van der Waals surface area contributed by atoms with Gasteiger partial charge in [0.15, 0.2) is 0 Å². The second-order valence-corrected chi connectivity index (χ2v) is 6.74. The summed E-state index contributed by atoms with van der Waals surface area (Å²) in [6, 6.07) is 20.6. The number of nitrogens with zero attached hydrogens (tertiary/aromatic N) is 1. The van der Waals surface area contributed by atoms with Crippen molar-refractivity contribution in [1.29, 1.82) is 0 Å². The molecule has 1 saturated heterocycles. The molecule has 0 bridgehead atoms. The Balaban J connectivity index is 1.89. The molecule has 2 heteroatoms. The van der Waals surface area contributed by atoms with Crippen molar-refractivity contribution in [3.05, 3.63) is 71.8 Å². The van der Waals surface area contributed by atoms with E-state index in [4.69, 9.17) is 0 Å². The summed E-state index contributed by atoms with van der Waals surface area (Å²) in [5, 5.41) is 11.6. The van der Waals surface area contributed by atoms with E-state index in [1.807, 2.05) is 60.7 Å². The van der Waals surface area contributed by atoms with Crippen LogP contribution in [0, 0.1) is 0 Å². The Morgan fingerprint density at radius 3 is 1.83 bits per heavy atom. The monoisotopic (exact) mass is 309 g/mol. The van der Waals surface area contributed by atoms with Crippen LogP contribution in [0.5, 0.6) is 0 Å². The Bertz CT molecular complexity index is 550. The molecular weight excluding hydrogens is 282 g/mol. The van der Waals surface area contributed by atoms with Crippen molar-refractivity contribution >= 4 is 0 Å². The first kappa shape index (κ1) is 16.2. The molecule has 1 N–H and O–H groups in total. The van der Waals surface area contributed by atoms with Gasteiger partial charge < -0.3 is 10.0 Å². The quantitative estimate of drug-likeness (QED) is 0.895. The van der Waals surface area contributed by atoms with E-state index < -0.39 is 5.60 Å². The highest BCUT2D eigenvalue weighted by Gasteiger charge is 2.34. The van der Waals surface area contributed by atoms with Crippen LogP contribution in [0.15, 0.2) is 60.7 Å². The van der Waals surface area contributed by atoms with Crippen LogP contribution in [0.3, 0.4) is 0 Å². The van der Waals surface area contributed by atoms with Crippen LogP contribution in [0.25, 0.3) is 0 Å². The van der Waals surface area contributed by atoms with Gasteiger partial charge in [-0.05, 0) is 50.4 Å². The standard InChI is InChI=1S/C21H27NO/c1-18(22-15-9-4-10-16-22)17-21(23,19-11-5-2-6-12-19)20-13-7-3-8-14-20/h2-3,5-8,11-14,18,23H,4,9-10,15-17H2,1H3/t18-/m1/s1. The Hall–Kier alpha value is -1.64. The molecule has 0 aromatic heterocycles. The smallest absolute Gasteiger partial charge is 0.116 e. The molecule has 1 heterocycles. The first-order valence-corrected chi connectivity index (χ1v) is 8.77. The van der Waals surface area contributed by atoms with E-state index in [1.54, 1.807) is 0 Å². The summed E-state index contributed by atoms with van der Waals surface area (Å²) in [6.45, 7) is 4.56. The van der Waals surface area contributed by atoms with Crippen LogP contribution >= 0.6 is 0 Å². The second kappa shape index (κ2) is 7.29. The molecule has 3 rings (SSSR count). The number of aliphatic hydroxyl groups is 1. The summed E-state index contributed by atoms with van der Waals surface area (Å²) in [5.74, 6) is 0. The average Bonchev–Trinajstić information content (AvgIpc) is 2.64. The van der Waals surface area contributed by atoms with Crippen molar-refractivity contribution in [1.82, 2.24) is 4.90 Å². The number of hydrogen-bond donors (Lipinski definition) is 1. The molecule has 2 aromatic rings. The van der Waals surface area contributed by atoms with Crippen molar-refractivity contribution < 1.29 is 5.11 Å². The Kier molecular flexibility index (Phi) is 5.14. The summed E-state index contributed by atoms with van der Waals surface area (Å²) < 4.78 is 0. The molecule has 0 aliphatic carbocycles. The first-order valence-electron chi connectivity index (χ1n) is 8.77. The number of piperidine rings is 1. The summed E-state index contributed by atoms with van der Waals surface area (Å²) in [5.41, 5.74) is 1.03. The lowest BCUT2D eigenvalue weighted by atomic mass is 9.81. The topological polar surface area (TPSA) is 23.5 Å². The van der Waals surface area contributed by atoms with Gasteiger partial charge in [-0.25, -0.2) is 0 Å². The number of rotatable bonds is 5. The zero-order chi connectivity index (χ0) is 16.1. The number of likely N-dealkylation sites (tertiary alicyclic amines) is 1. The lowest BCUT2D eigenvalue weighted by molar-refractivity contribution is 0.0322. The fourth-order valence-corrected chi connectivity index (χ4v) is 3.75. The van der Waals surface area contributed by atoms with Crippen LogP contribution in [0.1, 0.15) is 43.7 Å². The largest absolute Gasteiger partial charge is 0.380 e. The molecule has 0 radical (unpaired) electrons. The molecule has 23 heavy (non-hydrogen) atoms. The summed E-state index contributed by atoms with van der Waals surface area (Å²) in [6.07, 6.45) is 4.62. The molecule has 122 valence electrons. The third-order valence-electron chi connectivity index (χ3n) is 5.11. The maximum Gasteiger partial charge on any atom is 0.116 e. The van der Waals surface area contributed by atoms with Crippen molar-refractivity contribution in [2.24, 2.45) is 0 Å². The Morgan fingerprint density at radius 1 is 0.870 bits per heavy atom. The minimum absolute atomic E-state index is 0.362. The van der Waals surface area contributed by atoms with E-state index >= 15 is 0 Å². The maximum absolute atomic E-state index is 11.6. The van der Waals surface area contributed by atoms with Crippen LogP contribution in [0.2, 0.25) is 0 Å². The number of benzene rings is 2. The van der Waals surface area contributed by atoms with Gasteiger partial charge in [0.2, 0.25) is 0 Å². The van der Waals surface area contributed by atoms with E-state index in [0.29, 0.717) is 6.04 Å². The van der Waals surface area contributed by atoms with E-state index in [9.17, 15) is 5.11 Å². The maximum atomic E-state index is 11.6. The molecule has 0 saturated carbocycles.